The maximum Gasteiger partial charge on any atom is 0.267 e. The number of nitrogens with zero attached hydrogens (tertiary/aromatic N) is 2. The van der Waals surface area contributed by atoms with Gasteiger partial charge in [0, 0.05) is 6.42 Å². The van der Waals surface area contributed by atoms with E-state index in [1.54, 1.807) is 0 Å². The van der Waals surface area contributed by atoms with Gasteiger partial charge in [-0.2, -0.15) is 0 Å². The maximum absolute atomic E-state index is 13.3. The number of halogens is 2. The van der Waals surface area contributed by atoms with E-state index in [9.17, 15) is 13.6 Å². The van der Waals surface area contributed by atoms with Crippen molar-refractivity contribution in [3.8, 4) is 5.88 Å². The van der Waals surface area contributed by atoms with Gasteiger partial charge in [0.05, 0.1) is 24.5 Å². The fraction of sp³-hybridized carbons (Fsp3) is 0.455. The molecule has 0 bridgehead atoms. The van der Waals surface area contributed by atoms with Gasteiger partial charge in [-0.05, 0) is 6.07 Å². The van der Waals surface area contributed by atoms with Crippen LogP contribution in [0.15, 0.2) is 12.3 Å². The molecule has 1 saturated heterocycles. The SMILES string of the molecule is Nc1cnc2c(c1)C(=O)N1CC(F)(F)C[C@@H]1CO2. The Kier molecular flexibility index (Phi) is 2.20. The first-order valence-electron chi connectivity index (χ1n) is 5.53. The van der Waals surface area contributed by atoms with Crippen molar-refractivity contribution < 1.29 is 18.3 Å². The molecule has 1 aromatic heterocycles. The molecule has 3 rings (SSSR count). The molecular formula is C11H11F2N3O2. The second-order valence-electron chi connectivity index (χ2n) is 4.58. The number of alkyl halides is 2. The summed E-state index contributed by atoms with van der Waals surface area (Å²) in [6.07, 6.45) is 0.999. The molecule has 0 saturated carbocycles. The summed E-state index contributed by atoms with van der Waals surface area (Å²) in [5, 5.41) is 0. The van der Waals surface area contributed by atoms with E-state index in [0.29, 0.717) is 5.69 Å². The summed E-state index contributed by atoms with van der Waals surface area (Å²) in [4.78, 5) is 17.2. The Balaban J connectivity index is 2.01. The lowest BCUT2D eigenvalue weighted by Gasteiger charge is -2.19. The Morgan fingerprint density at radius 1 is 1.56 bits per heavy atom. The van der Waals surface area contributed by atoms with Gasteiger partial charge in [0.2, 0.25) is 5.88 Å². The van der Waals surface area contributed by atoms with Crippen molar-refractivity contribution in [1.82, 2.24) is 9.88 Å². The van der Waals surface area contributed by atoms with Gasteiger partial charge < -0.3 is 15.4 Å². The third kappa shape index (κ3) is 1.66. The first-order chi connectivity index (χ1) is 8.46. The zero-order chi connectivity index (χ0) is 12.9. The fourth-order valence-corrected chi connectivity index (χ4v) is 2.35. The zero-order valence-corrected chi connectivity index (χ0v) is 9.40. The molecule has 3 heterocycles. The Hall–Kier alpha value is -1.92. The number of nitrogens with two attached hydrogens (primary N) is 1. The van der Waals surface area contributed by atoms with E-state index >= 15 is 0 Å². The summed E-state index contributed by atoms with van der Waals surface area (Å²) in [6, 6.07) is 0.798. The fourth-order valence-electron chi connectivity index (χ4n) is 2.35. The lowest BCUT2D eigenvalue weighted by Crippen LogP contribution is -2.37. The van der Waals surface area contributed by atoms with Crippen molar-refractivity contribution in [2.75, 3.05) is 18.9 Å². The van der Waals surface area contributed by atoms with Crippen LogP contribution in [0, 0.1) is 0 Å². The molecule has 2 N–H and O–H groups in total. The highest BCUT2D eigenvalue weighted by Crippen LogP contribution is 2.36. The molecule has 0 aliphatic carbocycles. The van der Waals surface area contributed by atoms with Crippen LogP contribution in [-0.4, -0.2) is 40.9 Å². The molecule has 0 unspecified atom stereocenters. The lowest BCUT2D eigenvalue weighted by molar-refractivity contribution is 0.0113. The minimum atomic E-state index is -2.85. The van der Waals surface area contributed by atoms with Crippen LogP contribution in [0.25, 0.3) is 0 Å². The van der Waals surface area contributed by atoms with Gasteiger partial charge in [0.15, 0.2) is 0 Å². The van der Waals surface area contributed by atoms with Crippen molar-refractivity contribution in [2.24, 2.45) is 0 Å². The van der Waals surface area contributed by atoms with Crippen LogP contribution >= 0.6 is 0 Å². The summed E-state index contributed by atoms with van der Waals surface area (Å²) >= 11 is 0. The van der Waals surface area contributed by atoms with Gasteiger partial charge in [-0.1, -0.05) is 0 Å². The normalized spacial score (nSPS) is 25.1. The number of aromatic nitrogens is 1. The largest absolute Gasteiger partial charge is 0.475 e. The topological polar surface area (TPSA) is 68.5 Å². The number of fused-ring (bicyclic) bond motifs is 2. The molecule has 7 heteroatoms. The molecule has 0 aromatic carbocycles. The standard InChI is InChI=1S/C11H11F2N3O2/c12-11(13)2-7-4-18-9-8(1-6(14)3-15-9)10(17)16(7)5-11/h1,3,7H,2,4-5,14H2/t7-/m1/s1. The van der Waals surface area contributed by atoms with Crippen LogP contribution < -0.4 is 10.5 Å². The average Bonchev–Trinajstić information content (AvgIpc) is 2.56. The molecule has 5 nitrogen and oxygen atoms in total. The summed E-state index contributed by atoms with van der Waals surface area (Å²) in [7, 11) is 0. The molecule has 1 aromatic rings. The van der Waals surface area contributed by atoms with Crippen LogP contribution in [0.2, 0.25) is 0 Å². The van der Waals surface area contributed by atoms with E-state index in [1.807, 2.05) is 0 Å². The Morgan fingerprint density at radius 3 is 3.11 bits per heavy atom. The number of carbonyl (C=O) groups excluding carboxylic acids is 1. The lowest BCUT2D eigenvalue weighted by atomic mass is 10.2. The summed E-state index contributed by atoms with van der Waals surface area (Å²) in [5.74, 6) is -3.19. The summed E-state index contributed by atoms with van der Waals surface area (Å²) < 4.78 is 32.0. The molecule has 1 fully saturated rings. The molecule has 0 spiro atoms. The number of amides is 1. The number of rotatable bonds is 0. The van der Waals surface area contributed by atoms with E-state index in [0.717, 1.165) is 4.90 Å². The second-order valence-corrected chi connectivity index (χ2v) is 4.58. The molecule has 2 aliphatic heterocycles. The molecule has 2 aliphatic rings. The Bertz CT molecular complexity index is 521. The summed E-state index contributed by atoms with van der Waals surface area (Å²) in [6.45, 7) is -0.542. The van der Waals surface area contributed by atoms with Gasteiger partial charge in [0.1, 0.15) is 12.2 Å². The number of hydrogen-bond donors (Lipinski definition) is 1. The van der Waals surface area contributed by atoms with Crippen molar-refractivity contribution in [3.05, 3.63) is 17.8 Å². The van der Waals surface area contributed by atoms with Gasteiger partial charge in [-0.3, -0.25) is 4.79 Å². The van der Waals surface area contributed by atoms with E-state index < -0.39 is 24.4 Å². The van der Waals surface area contributed by atoms with Gasteiger partial charge in [-0.15, -0.1) is 0 Å². The van der Waals surface area contributed by atoms with E-state index in [-0.39, 0.29) is 24.5 Å². The molecular weight excluding hydrogens is 244 g/mol. The molecule has 96 valence electrons. The average molecular weight is 255 g/mol. The Labute approximate surface area is 102 Å². The predicted molar refractivity (Wildman–Crippen MR) is 58.5 cm³/mol. The number of ether oxygens (including phenoxy) is 1. The van der Waals surface area contributed by atoms with E-state index in [2.05, 4.69) is 4.98 Å². The molecule has 1 atom stereocenters. The molecule has 1 amide bonds. The third-order valence-corrected chi connectivity index (χ3v) is 3.15. The quantitative estimate of drug-likeness (QED) is 0.748. The van der Waals surface area contributed by atoms with Crippen LogP contribution in [0.3, 0.4) is 0 Å². The highest BCUT2D eigenvalue weighted by Gasteiger charge is 2.49. The highest BCUT2D eigenvalue weighted by molar-refractivity contribution is 5.98. The third-order valence-electron chi connectivity index (χ3n) is 3.15. The monoisotopic (exact) mass is 255 g/mol. The maximum atomic E-state index is 13.3. The highest BCUT2D eigenvalue weighted by atomic mass is 19.3. The predicted octanol–water partition coefficient (Wildman–Crippen LogP) is 0.906. The number of carbonyl (C=O) groups is 1. The first kappa shape index (κ1) is 11.2. The van der Waals surface area contributed by atoms with Crippen LogP contribution in [-0.2, 0) is 0 Å². The van der Waals surface area contributed by atoms with Crippen molar-refractivity contribution in [1.29, 1.82) is 0 Å². The number of anilines is 1. The second kappa shape index (κ2) is 3.54. The summed E-state index contributed by atoms with van der Waals surface area (Å²) in [5.41, 5.74) is 6.00. The smallest absolute Gasteiger partial charge is 0.267 e. The van der Waals surface area contributed by atoms with E-state index in [4.69, 9.17) is 10.5 Å². The first-order valence-corrected chi connectivity index (χ1v) is 5.53. The van der Waals surface area contributed by atoms with Gasteiger partial charge in [-0.25, -0.2) is 13.8 Å². The van der Waals surface area contributed by atoms with Crippen molar-refractivity contribution in [2.45, 2.75) is 18.4 Å². The molecule has 18 heavy (non-hydrogen) atoms. The van der Waals surface area contributed by atoms with Crippen LogP contribution in [0.4, 0.5) is 14.5 Å². The zero-order valence-electron chi connectivity index (χ0n) is 9.40. The number of hydrogen-bond acceptors (Lipinski definition) is 4. The minimum absolute atomic E-state index is 0.0330. The minimum Gasteiger partial charge on any atom is -0.475 e. The molecule has 0 radical (unpaired) electrons. The van der Waals surface area contributed by atoms with Crippen LogP contribution in [0.5, 0.6) is 5.88 Å². The van der Waals surface area contributed by atoms with E-state index in [1.165, 1.54) is 12.3 Å². The number of nitrogen functional groups attached to an aromatic ring is 1. The Morgan fingerprint density at radius 2 is 2.33 bits per heavy atom. The van der Waals surface area contributed by atoms with Crippen molar-refractivity contribution >= 4 is 11.6 Å². The van der Waals surface area contributed by atoms with Crippen molar-refractivity contribution in [3.63, 3.8) is 0 Å². The number of pyridine rings is 1. The van der Waals surface area contributed by atoms with Gasteiger partial charge >= 0.3 is 0 Å². The van der Waals surface area contributed by atoms with Crippen LogP contribution in [0.1, 0.15) is 16.8 Å². The van der Waals surface area contributed by atoms with Gasteiger partial charge in [0.25, 0.3) is 11.8 Å².